The van der Waals surface area contributed by atoms with Crippen molar-refractivity contribution in [2.75, 3.05) is 26.2 Å². The van der Waals surface area contributed by atoms with Gasteiger partial charge in [0, 0.05) is 37.4 Å². The van der Waals surface area contributed by atoms with Crippen LogP contribution in [0.1, 0.15) is 24.3 Å². The number of amides is 2. The quantitative estimate of drug-likeness (QED) is 0.878. The van der Waals surface area contributed by atoms with Crippen molar-refractivity contribution in [2.45, 2.75) is 19.4 Å². The summed E-state index contributed by atoms with van der Waals surface area (Å²) in [6, 6.07) is 8.97. The summed E-state index contributed by atoms with van der Waals surface area (Å²) in [6.45, 7) is 5.85. The van der Waals surface area contributed by atoms with Gasteiger partial charge in [-0.3, -0.25) is 14.5 Å². The van der Waals surface area contributed by atoms with Crippen molar-refractivity contribution in [3.05, 3.63) is 47.2 Å². The van der Waals surface area contributed by atoms with Crippen LogP contribution in [0.4, 0.5) is 0 Å². The fourth-order valence-electron chi connectivity index (χ4n) is 2.99. The second kappa shape index (κ2) is 7.09. The molecule has 0 atom stereocenters. The summed E-state index contributed by atoms with van der Waals surface area (Å²) in [5.74, 6) is -0.486. The summed E-state index contributed by atoms with van der Waals surface area (Å²) in [5, 5.41) is 4.98. The molecule has 2 aromatic rings. The zero-order valence-electron chi connectivity index (χ0n) is 14.9. The second-order valence-corrected chi connectivity index (χ2v) is 7.26. The van der Waals surface area contributed by atoms with Gasteiger partial charge in [0.2, 0.25) is 5.91 Å². The first kappa shape index (κ1) is 18.4. The summed E-state index contributed by atoms with van der Waals surface area (Å²) in [6.07, 6.45) is 1.74. The Bertz CT molecular complexity index is 824. The number of nitrogens with two attached hydrogens (primary N) is 1. The van der Waals surface area contributed by atoms with E-state index in [1.807, 2.05) is 17.0 Å². The number of benzene rings is 1. The van der Waals surface area contributed by atoms with E-state index in [2.05, 4.69) is 5.10 Å². The van der Waals surface area contributed by atoms with Gasteiger partial charge in [-0.05, 0) is 38.1 Å². The van der Waals surface area contributed by atoms with E-state index < -0.39 is 5.54 Å². The molecule has 7 nitrogen and oxygen atoms in total. The van der Waals surface area contributed by atoms with Crippen LogP contribution in [-0.4, -0.2) is 63.1 Å². The zero-order valence-corrected chi connectivity index (χ0v) is 15.6. The van der Waals surface area contributed by atoms with Crippen molar-refractivity contribution in [1.82, 2.24) is 19.6 Å². The zero-order chi connectivity index (χ0) is 18.9. The summed E-state index contributed by atoms with van der Waals surface area (Å²) in [5.41, 5.74) is 5.93. The van der Waals surface area contributed by atoms with Gasteiger partial charge in [-0.25, -0.2) is 4.68 Å². The van der Waals surface area contributed by atoms with Crippen LogP contribution in [-0.2, 0) is 4.79 Å². The van der Waals surface area contributed by atoms with Crippen molar-refractivity contribution in [3.63, 3.8) is 0 Å². The van der Waals surface area contributed by atoms with E-state index in [1.165, 1.54) is 0 Å². The largest absolute Gasteiger partial charge is 0.368 e. The van der Waals surface area contributed by atoms with Gasteiger partial charge in [-0.2, -0.15) is 5.10 Å². The van der Waals surface area contributed by atoms with Crippen LogP contribution in [0, 0.1) is 0 Å². The van der Waals surface area contributed by atoms with Crippen molar-refractivity contribution in [1.29, 1.82) is 0 Å². The first-order valence-electron chi connectivity index (χ1n) is 8.45. The molecule has 0 aliphatic carbocycles. The number of carbonyl (C=O) groups excluding carboxylic acids is 2. The van der Waals surface area contributed by atoms with Crippen LogP contribution < -0.4 is 5.73 Å². The third kappa shape index (κ3) is 3.59. The SMILES string of the molecule is CC(C)(C(N)=O)N1CCN(C(=O)c2ccn(-c3cccc(Cl)c3)n2)CC1. The molecule has 2 N–H and O–H groups in total. The van der Waals surface area contributed by atoms with E-state index in [0.717, 1.165) is 5.69 Å². The number of hydrogen-bond acceptors (Lipinski definition) is 4. The molecule has 1 saturated heterocycles. The standard InChI is InChI=1S/C18H22ClN5O2/c1-18(2,17(20)26)23-10-8-22(9-11-23)16(25)15-6-7-24(21-15)14-5-3-4-13(19)12-14/h3-7,12H,8-11H2,1-2H3,(H2,20,26). The van der Waals surface area contributed by atoms with Crippen LogP contribution in [0.15, 0.2) is 36.5 Å². The van der Waals surface area contributed by atoms with Crippen molar-refractivity contribution < 1.29 is 9.59 Å². The lowest BCUT2D eigenvalue weighted by Crippen LogP contribution is -2.60. The molecule has 0 radical (unpaired) electrons. The summed E-state index contributed by atoms with van der Waals surface area (Å²) >= 11 is 6.00. The molecular weight excluding hydrogens is 354 g/mol. The molecule has 3 rings (SSSR count). The summed E-state index contributed by atoms with van der Waals surface area (Å²) in [4.78, 5) is 28.1. The predicted octanol–water partition coefficient (Wildman–Crippen LogP) is 1.55. The van der Waals surface area contributed by atoms with E-state index in [9.17, 15) is 9.59 Å². The lowest BCUT2D eigenvalue weighted by molar-refractivity contribution is -0.129. The van der Waals surface area contributed by atoms with Crippen molar-refractivity contribution >= 4 is 23.4 Å². The number of halogens is 1. The third-order valence-electron chi connectivity index (χ3n) is 4.84. The maximum atomic E-state index is 12.7. The topological polar surface area (TPSA) is 84.5 Å². The Morgan fingerprint density at radius 1 is 1.15 bits per heavy atom. The minimum Gasteiger partial charge on any atom is -0.368 e. The number of nitrogens with zero attached hydrogens (tertiary/aromatic N) is 4. The molecule has 0 unspecified atom stereocenters. The predicted molar refractivity (Wildman–Crippen MR) is 99.3 cm³/mol. The number of primary amides is 1. The van der Waals surface area contributed by atoms with Gasteiger partial charge in [0.05, 0.1) is 11.2 Å². The molecule has 1 fully saturated rings. The van der Waals surface area contributed by atoms with E-state index in [4.69, 9.17) is 17.3 Å². The van der Waals surface area contributed by atoms with E-state index >= 15 is 0 Å². The highest BCUT2D eigenvalue weighted by Gasteiger charge is 2.35. The van der Waals surface area contributed by atoms with Gasteiger partial charge in [-0.15, -0.1) is 0 Å². The smallest absolute Gasteiger partial charge is 0.274 e. The lowest BCUT2D eigenvalue weighted by atomic mass is 10.0. The summed E-state index contributed by atoms with van der Waals surface area (Å²) < 4.78 is 1.63. The average Bonchev–Trinajstić information content (AvgIpc) is 3.11. The number of carbonyl (C=O) groups is 2. The molecule has 1 aliphatic rings. The molecule has 0 saturated carbocycles. The molecule has 8 heteroatoms. The number of rotatable bonds is 4. The minimum absolute atomic E-state index is 0.123. The van der Waals surface area contributed by atoms with E-state index in [1.54, 1.807) is 47.8 Å². The van der Waals surface area contributed by atoms with Gasteiger partial charge in [0.25, 0.3) is 5.91 Å². The highest BCUT2D eigenvalue weighted by Crippen LogP contribution is 2.18. The molecular formula is C18H22ClN5O2. The Kier molecular flexibility index (Phi) is 5.02. The Labute approximate surface area is 157 Å². The molecule has 1 aromatic carbocycles. The second-order valence-electron chi connectivity index (χ2n) is 6.83. The average molecular weight is 376 g/mol. The molecule has 0 spiro atoms. The molecule has 26 heavy (non-hydrogen) atoms. The maximum Gasteiger partial charge on any atom is 0.274 e. The van der Waals surface area contributed by atoms with Crippen LogP contribution in [0.2, 0.25) is 5.02 Å². The van der Waals surface area contributed by atoms with Gasteiger partial charge < -0.3 is 10.6 Å². The summed E-state index contributed by atoms with van der Waals surface area (Å²) in [7, 11) is 0. The lowest BCUT2D eigenvalue weighted by Gasteiger charge is -2.42. The molecule has 0 bridgehead atoms. The third-order valence-corrected chi connectivity index (χ3v) is 5.08. The Balaban J connectivity index is 1.67. The fourth-order valence-corrected chi connectivity index (χ4v) is 3.17. The van der Waals surface area contributed by atoms with Crippen LogP contribution in [0.5, 0.6) is 0 Å². The number of aromatic nitrogens is 2. The Morgan fingerprint density at radius 3 is 2.46 bits per heavy atom. The first-order valence-corrected chi connectivity index (χ1v) is 8.82. The fraction of sp³-hybridized carbons (Fsp3) is 0.389. The molecule has 1 aliphatic heterocycles. The minimum atomic E-state index is -0.719. The van der Waals surface area contributed by atoms with E-state index in [-0.39, 0.29) is 11.8 Å². The van der Waals surface area contributed by atoms with Gasteiger partial charge >= 0.3 is 0 Å². The van der Waals surface area contributed by atoms with Gasteiger partial charge in [0.15, 0.2) is 5.69 Å². The maximum absolute atomic E-state index is 12.7. The molecule has 2 heterocycles. The first-order chi connectivity index (χ1) is 12.3. The molecule has 1 aromatic heterocycles. The Morgan fingerprint density at radius 2 is 1.85 bits per heavy atom. The highest BCUT2D eigenvalue weighted by atomic mass is 35.5. The normalized spacial score (nSPS) is 15.9. The number of hydrogen-bond donors (Lipinski definition) is 1. The highest BCUT2D eigenvalue weighted by molar-refractivity contribution is 6.30. The van der Waals surface area contributed by atoms with Gasteiger partial charge in [-0.1, -0.05) is 17.7 Å². The molecule has 2 amide bonds. The monoisotopic (exact) mass is 375 g/mol. The van der Waals surface area contributed by atoms with Crippen molar-refractivity contribution in [2.24, 2.45) is 5.73 Å². The molecule has 138 valence electrons. The van der Waals surface area contributed by atoms with Gasteiger partial charge in [0.1, 0.15) is 0 Å². The van der Waals surface area contributed by atoms with Crippen LogP contribution >= 0.6 is 11.6 Å². The Hall–Kier alpha value is -2.38. The van der Waals surface area contributed by atoms with Crippen LogP contribution in [0.25, 0.3) is 5.69 Å². The number of piperazine rings is 1. The van der Waals surface area contributed by atoms with Crippen molar-refractivity contribution in [3.8, 4) is 5.69 Å². The van der Waals surface area contributed by atoms with E-state index in [0.29, 0.717) is 36.9 Å². The van der Waals surface area contributed by atoms with Crippen LogP contribution in [0.3, 0.4) is 0 Å².